The van der Waals surface area contributed by atoms with Crippen LogP contribution in [0.4, 0.5) is 0 Å². The number of hydrogen-bond acceptors (Lipinski definition) is 5. The number of carbonyl (C=O) groups is 2. The number of hydrogen-bond donors (Lipinski definition) is 6. The van der Waals surface area contributed by atoms with Crippen LogP contribution >= 0.6 is 0 Å². The second-order valence-corrected chi connectivity index (χ2v) is 12.9. The maximum atomic E-state index is 13.9. The number of H-pyrrole nitrogens is 1. The van der Waals surface area contributed by atoms with Crippen LogP contribution in [0.15, 0.2) is 60.8 Å². The average Bonchev–Trinajstić information content (AvgIpc) is 3.37. The largest absolute Gasteiger partial charge is 0.394 e. The molecule has 0 saturated heterocycles. The van der Waals surface area contributed by atoms with E-state index in [1.165, 1.54) is 32.1 Å². The van der Waals surface area contributed by atoms with Gasteiger partial charge >= 0.3 is 0 Å². The van der Waals surface area contributed by atoms with E-state index < -0.39 is 30.2 Å². The number of aliphatic hydroxyl groups is 2. The number of aliphatic hydroxyl groups excluding tert-OH is 2. The number of nitrogens with one attached hydrogen (secondary N) is 4. The summed E-state index contributed by atoms with van der Waals surface area (Å²) in [6.07, 6.45) is 7.45. The van der Waals surface area contributed by atoms with Gasteiger partial charge in [0.15, 0.2) is 0 Å². The Kier molecular flexibility index (Phi) is 7.90. The Labute approximate surface area is 241 Å². The molecular weight excluding hydrogens is 516 g/mol. The van der Waals surface area contributed by atoms with Gasteiger partial charge in [-0.25, -0.2) is 0 Å². The van der Waals surface area contributed by atoms with Gasteiger partial charge in [0, 0.05) is 29.6 Å². The number of benzene rings is 2. The van der Waals surface area contributed by atoms with E-state index in [4.69, 9.17) is 0 Å². The number of amides is 2. The van der Waals surface area contributed by atoms with E-state index in [1.807, 2.05) is 36.5 Å². The van der Waals surface area contributed by atoms with E-state index in [0.717, 1.165) is 28.3 Å². The maximum absolute atomic E-state index is 13.9. The van der Waals surface area contributed by atoms with Crippen molar-refractivity contribution in [3.63, 3.8) is 0 Å². The standard InChI is InChI=1S/C33H42N4O4/c1-33(16-25-17-34-27-10-6-5-9-26(25)27,32(41)36-28(19-38)31(40)22-7-3-2-4-8-22)37-29(39)18-35-30-23-12-20-11-21(14-23)15-24(30)13-20/h2-10,17,20-21,23-24,28,30-31,34-35,38,40H,11-16,18-19H2,1H3,(H,36,41)(H,37,39). The lowest BCUT2D eigenvalue weighted by Gasteiger charge is -2.54. The molecule has 3 unspecified atom stereocenters. The molecule has 1 heterocycles. The van der Waals surface area contributed by atoms with E-state index in [-0.39, 0.29) is 18.9 Å². The fourth-order valence-electron chi connectivity index (χ4n) is 8.10. The summed E-state index contributed by atoms with van der Waals surface area (Å²) in [4.78, 5) is 30.6. The first-order valence-corrected chi connectivity index (χ1v) is 15.1. The summed E-state index contributed by atoms with van der Waals surface area (Å²) in [5, 5.41) is 31.5. The third-order valence-electron chi connectivity index (χ3n) is 9.90. The average molecular weight is 559 g/mol. The quantitative estimate of drug-likeness (QED) is 0.216. The SMILES string of the molecule is CC(Cc1c[nH]c2ccccc12)(NC(=O)CNC1C2CC3CC(C2)CC1C3)C(=O)NC(CO)C(O)c1ccccc1. The molecule has 0 aliphatic heterocycles. The summed E-state index contributed by atoms with van der Waals surface area (Å²) in [5.41, 5.74) is 1.12. The molecule has 8 nitrogen and oxygen atoms in total. The fourth-order valence-corrected chi connectivity index (χ4v) is 8.10. The summed E-state index contributed by atoms with van der Waals surface area (Å²) in [5.74, 6) is 2.31. The molecule has 4 bridgehead atoms. The molecule has 0 spiro atoms. The van der Waals surface area contributed by atoms with E-state index >= 15 is 0 Å². The smallest absolute Gasteiger partial charge is 0.246 e. The number of aromatic amines is 1. The first-order valence-electron chi connectivity index (χ1n) is 15.1. The predicted octanol–water partition coefficient (Wildman–Crippen LogP) is 3.21. The number of aromatic nitrogens is 1. The minimum absolute atomic E-state index is 0.153. The van der Waals surface area contributed by atoms with Crippen molar-refractivity contribution in [2.45, 2.75) is 69.2 Å². The number of rotatable bonds is 11. The Hall–Kier alpha value is -3.20. The van der Waals surface area contributed by atoms with Crippen LogP contribution in [0, 0.1) is 23.7 Å². The zero-order chi connectivity index (χ0) is 28.6. The van der Waals surface area contributed by atoms with Gasteiger partial charge in [-0.1, -0.05) is 48.5 Å². The Morgan fingerprint density at radius 2 is 1.63 bits per heavy atom. The molecule has 218 valence electrons. The first-order chi connectivity index (χ1) is 19.8. The maximum Gasteiger partial charge on any atom is 0.246 e. The molecular formula is C33H42N4O4. The van der Waals surface area contributed by atoms with E-state index in [9.17, 15) is 19.8 Å². The van der Waals surface area contributed by atoms with E-state index in [0.29, 0.717) is 23.4 Å². The monoisotopic (exact) mass is 558 g/mol. The Bertz CT molecular complexity index is 1350. The second kappa shape index (κ2) is 11.6. The molecule has 3 aromatic rings. The zero-order valence-corrected chi connectivity index (χ0v) is 23.7. The minimum atomic E-state index is -1.32. The summed E-state index contributed by atoms with van der Waals surface area (Å²) in [6, 6.07) is 16.2. The van der Waals surface area contributed by atoms with Crippen LogP contribution in [0.2, 0.25) is 0 Å². The fraction of sp³-hybridized carbons (Fsp3) is 0.515. The van der Waals surface area contributed by atoms with Crippen LogP contribution in [0.1, 0.15) is 56.3 Å². The lowest BCUT2D eigenvalue weighted by Crippen LogP contribution is -2.62. The third kappa shape index (κ3) is 5.78. The van der Waals surface area contributed by atoms with Gasteiger partial charge in [-0.3, -0.25) is 9.59 Å². The van der Waals surface area contributed by atoms with Crippen LogP contribution < -0.4 is 16.0 Å². The minimum Gasteiger partial charge on any atom is -0.394 e. The summed E-state index contributed by atoms with van der Waals surface area (Å²) in [6.45, 7) is 1.42. The van der Waals surface area contributed by atoms with Gasteiger partial charge in [0.25, 0.3) is 0 Å². The highest BCUT2D eigenvalue weighted by Crippen LogP contribution is 2.53. The molecule has 1 aromatic heterocycles. The molecule has 2 amide bonds. The molecule has 2 aromatic carbocycles. The summed E-state index contributed by atoms with van der Waals surface area (Å²) >= 11 is 0. The number of carbonyl (C=O) groups excluding carboxylic acids is 2. The Morgan fingerprint density at radius 1 is 0.976 bits per heavy atom. The van der Waals surface area contributed by atoms with Crippen LogP contribution in [0.5, 0.6) is 0 Å². The van der Waals surface area contributed by atoms with Gasteiger partial charge in [-0.2, -0.15) is 0 Å². The van der Waals surface area contributed by atoms with Crippen molar-refractivity contribution in [3.8, 4) is 0 Å². The van der Waals surface area contributed by atoms with Gasteiger partial charge < -0.3 is 31.1 Å². The van der Waals surface area contributed by atoms with Crippen molar-refractivity contribution >= 4 is 22.7 Å². The highest BCUT2D eigenvalue weighted by Gasteiger charge is 2.48. The van der Waals surface area contributed by atoms with Gasteiger partial charge in [0.05, 0.1) is 19.2 Å². The van der Waals surface area contributed by atoms with Crippen molar-refractivity contribution < 1.29 is 19.8 Å². The number of fused-ring (bicyclic) bond motifs is 1. The highest BCUT2D eigenvalue weighted by molar-refractivity contribution is 5.93. The lowest BCUT2D eigenvalue weighted by molar-refractivity contribution is -0.134. The molecule has 4 aliphatic rings. The normalized spacial score (nSPS) is 27.7. The van der Waals surface area contributed by atoms with Crippen LogP contribution in [-0.2, 0) is 16.0 Å². The topological polar surface area (TPSA) is 126 Å². The Morgan fingerprint density at radius 3 is 2.32 bits per heavy atom. The van der Waals surface area contributed by atoms with Crippen molar-refractivity contribution in [2.24, 2.45) is 23.7 Å². The molecule has 3 atom stereocenters. The molecule has 8 heteroatoms. The molecule has 4 saturated carbocycles. The number of para-hydroxylation sites is 1. The Balaban J connectivity index is 1.18. The molecule has 7 rings (SSSR count). The van der Waals surface area contributed by atoms with Crippen molar-refractivity contribution in [3.05, 3.63) is 71.9 Å². The summed E-state index contributed by atoms with van der Waals surface area (Å²) < 4.78 is 0. The van der Waals surface area contributed by atoms with Gasteiger partial charge in [-0.15, -0.1) is 0 Å². The van der Waals surface area contributed by atoms with E-state index in [2.05, 4.69) is 20.9 Å². The first kappa shape index (κ1) is 27.9. The highest BCUT2D eigenvalue weighted by atomic mass is 16.3. The van der Waals surface area contributed by atoms with Gasteiger partial charge in [-0.05, 0) is 79.9 Å². The van der Waals surface area contributed by atoms with Crippen LogP contribution in [-0.4, -0.2) is 57.8 Å². The summed E-state index contributed by atoms with van der Waals surface area (Å²) in [7, 11) is 0. The molecule has 4 aliphatic carbocycles. The lowest BCUT2D eigenvalue weighted by atomic mass is 9.54. The van der Waals surface area contributed by atoms with Crippen LogP contribution in [0.3, 0.4) is 0 Å². The van der Waals surface area contributed by atoms with E-state index in [1.54, 1.807) is 31.2 Å². The third-order valence-corrected chi connectivity index (χ3v) is 9.90. The predicted molar refractivity (Wildman–Crippen MR) is 158 cm³/mol. The van der Waals surface area contributed by atoms with Crippen molar-refractivity contribution in [1.82, 2.24) is 20.9 Å². The van der Waals surface area contributed by atoms with Gasteiger partial charge in [0.1, 0.15) is 11.6 Å². The molecule has 0 radical (unpaired) electrons. The molecule has 41 heavy (non-hydrogen) atoms. The van der Waals surface area contributed by atoms with Crippen molar-refractivity contribution in [1.29, 1.82) is 0 Å². The van der Waals surface area contributed by atoms with Crippen molar-refractivity contribution in [2.75, 3.05) is 13.2 Å². The second-order valence-electron chi connectivity index (χ2n) is 12.9. The zero-order valence-electron chi connectivity index (χ0n) is 23.7. The van der Waals surface area contributed by atoms with Crippen LogP contribution in [0.25, 0.3) is 10.9 Å². The van der Waals surface area contributed by atoms with Gasteiger partial charge in [0.2, 0.25) is 11.8 Å². The molecule has 6 N–H and O–H groups in total. The molecule has 4 fully saturated rings.